The van der Waals surface area contributed by atoms with E-state index in [9.17, 15) is 9.59 Å². The maximum absolute atomic E-state index is 11.5. The number of hydrazine groups is 1. The third-order valence-electron chi connectivity index (χ3n) is 1.66. The van der Waals surface area contributed by atoms with E-state index >= 15 is 0 Å². The number of primary amides is 1. The molecule has 92 valence electrons. The van der Waals surface area contributed by atoms with Crippen LogP contribution in [-0.2, 0) is 4.74 Å². The van der Waals surface area contributed by atoms with Crippen molar-refractivity contribution >= 4 is 17.8 Å². The average Bonchev–Trinajstić information content (AvgIpc) is 2.34. The van der Waals surface area contributed by atoms with Crippen LogP contribution in [-0.4, -0.2) is 35.1 Å². The smallest absolute Gasteiger partial charge is 0.404 e. The van der Waals surface area contributed by atoms with E-state index in [0.717, 1.165) is 0 Å². The Labute approximate surface area is 96.5 Å². The lowest BCUT2D eigenvalue weighted by Crippen LogP contribution is -2.29. The molecule has 6 N–H and O–H groups in total. The van der Waals surface area contributed by atoms with Crippen molar-refractivity contribution in [2.45, 2.75) is 0 Å². The number of nitrogen functional groups attached to an aromatic ring is 1. The Morgan fingerprint density at radius 2 is 2.12 bits per heavy atom. The zero-order valence-electron chi connectivity index (χ0n) is 8.84. The van der Waals surface area contributed by atoms with Crippen LogP contribution in [0.25, 0.3) is 0 Å². The molecule has 0 fully saturated rings. The van der Waals surface area contributed by atoms with Crippen LogP contribution in [0.5, 0.6) is 0 Å². The number of nitrogens with two attached hydrogens (primary N) is 2. The number of hydrogen-bond donors (Lipinski definition) is 4. The fourth-order valence-corrected chi connectivity index (χ4v) is 0.927. The Balaban J connectivity index is 2.38. The Morgan fingerprint density at radius 3 is 2.65 bits per heavy atom. The fourth-order valence-electron chi connectivity index (χ4n) is 0.927. The van der Waals surface area contributed by atoms with Crippen molar-refractivity contribution < 1.29 is 14.3 Å². The van der Waals surface area contributed by atoms with E-state index in [4.69, 9.17) is 11.6 Å². The summed E-state index contributed by atoms with van der Waals surface area (Å²) in [5, 5.41) is 2.47. The molecule has 0 aliphatic rings. The van der Waals surface area contributed by atoms with Crippen molar-refractivity contribution in [3.63, 3.8) is 0 Å². The molecule has 1 heterocycles. The van der Waals surface area contributed by atoms with Crippen molar-refractivity contribution in [2.24, 2.45) is 11.6 Å². The van der Waals surface area contributed by atoms with Gasteiger partial charge in [-0.15, -0.1) is 0 Å². The third kappa shape index (κ3) is 4.30. The maximum atomic E-state index is 11.5. The number of carbonyl (C=O) groups is 2. The summed E-state index contributed by atoms with van der Waals surface area (Å²) in [6, 6.07) is 0. The van der Waals surface area contributed by atoms with Crippen LogP contribution in [0.15, 0.2) is 12.4 Å². The SMILES string of the molecule is NNc1cnc(C(=O)NCCOC(N)=O)cn1. The van der Waals surface area contributed by atoms with Crippen LogP contribution in [0.1, 0.15) is 10.5 Å². The van der Waals surface area contributed by atoms with E-state index < -0.39 is 12.0 Å². The summed E-state index contributed by atoms with van der Waals surface area (Å²) in [5.74, 6) is 5.00. The molecule has 1 aromatic heterocycles. The average molecular weight is 240 g/mol. The van der Waals surface area contributed by atoms with E-state index in [2.05, 4.69) is 25.4 Å². The molecule has 2 amide bonds. The van der Waals surface area contributed by atoms with Crippen molar-refractivity contribution in [3.8, 4) is 0 Å². The second-order valence-corrected chi connectivity index (χ2v) is 2.85. The van der Waals surface area contributed by atoms with E-state index in [-0.39, 0.29) is 18.8 Å². The van der Waals surface area contributed by atoms with Gasteiger partial charge in [0.1, 0.15) is 12.3 Å². The van der Waals surface area contributed by atoms with Crippen LogP contribution >= 0.6 is 0 Å². The van der Waals surface area contributed by atoms with Crippen molar-refractivity contribution in [3.05, 3.63) is 18.1 Å². The van der Waals surface area contributed by atoms with E-state index in [1.807, 2.05) is 0 Å². The predicted octanol–water partition coefficient (Wildman–Crippen LogP) is -1.41. The van der Waals surface area contributed by atoms with Gasteiger partial charge in [-0.2, -0.15) is 0 Å². The van der Waals surface area contributed by atoms with Crippen molar-refractivity contribution in [1.29, 1.82) is 0 Å². The maximum Gasteiger partial charge on any atom is 0.404 e. The highest BCUT2D eigenvalue weighted by Gasteiger charge is 2.07. The zero-order chi connectivity index (χ0) is 12.7. The van der Waals surface area contributed by atoms with Gasteiger partial charge in [0.25, 0.3) is 5.91 Å². The molecular formula is C8H12N6O3. The molecule has 0 saturated carbocycles. The van der Waals surface area contributed by atoms with Gasteiger partial charge in [0.05, 0.1) is 18.9 Å². The van der Waals surface area contributed by atoms with Crippen LogP contribution in [0.3, 0.4) is 0 Å². The van der Waals surface area contributed by atoms with Crippen LogP contribution in [0, 0.1) is 0 Å². The standard InChI is InChI=1S/C8H12N6O3/c9-8(16)17-2-1-11-7(15)5-3-13-6(14-10)4-12-5/h3-4H,1-2,10H2,(H2,9,16)(H,11,15)(H,13,14). The highest BCUT2D eigenvalue weighted by molar-refractivity contribution is 5.91. The summed E-state index contributed by atoms with van der Waals surface area (Å²) >= 11 is 0. The molecule has 17 heavy (non-hydrogen) atoms. The summed E-state index contributed by atoms with van der Waals surface area (Å²) < 4.78 is 4.43. The molecule has 0 spiro atoms. The van der Waals surface area contributed by atoms with Gasteiger partial charge >= 0.3 is 6.09 Å². The van der Waals surface area contributed by atoms with Gasteiger partial charge < -0.3 is 21.2 Å². The molecule has 0 aromatic carbocycles. The number of nitrogens with zero attached hydrogens (tertiary/aromatic N) is 2. The monoisotopic (exact) mass is 240 g/mol. The molecule has 0 radical (unpaired) electrons. The summed E-state index contributed by atoms with van der Waals surface area (Å²) in [4.78, 5) is 29.3. The number of carbonyl (C=O) groups excluding carboxylic acids is 2. The van der Waals surface area contributed by atoms with Gasteiger partial charge in [0.2, 0.25) is 0 Å². The van der Waals surface area contributed by atoms with Gasteiger partial charge in [-0.1, -0.05) is 0 Å². The highest BCUT2D eigenvalue weighted by Crippen LogP contribution is 1.98. The molecule has 0 atom stereocenters. The summed E-state index contributed by atoms with van der Waals surface area (Å²) in [6.07, 6.45) is 1.69. The first kappa shape index (κ1) is 12.6. The zero-order valence-corrected chi connectivity index (χ0v) is 8.84. The Hall–Kier alpha value is -2.42. The van der Waals surface area contributed by atoms with Crippen molar-refractivity contribution in [2.75, 3.05) is 18.6 Å². The second kappa shape index (κ2) is 6.23. The minimum atomic E-state index is -0.891. The normalized spacial score (nSPS) is 9.47. The third-order valence-corrected chi connectivity index (χ3v) is 1.66. The molecular weight excluding hydrogens is 228 g/mol. The first-order valence-electron chi connectivity index (χ1n) is 4.62. The van der Waals surface area contributed by atoms with Crippen LogP contribution in [0.4, 0.5) is 10.6 Å². The largest absolute Gasteiger partial charge is 0.448 e. The molecule has 9 heteroatoms. The Kier molecular flexibility index (Phi) is 4.63. The van der Waals surface area contributed by atoms with Gasteiger partial charge in [-0.05, 0) is 0 Å². The lowest BCUT2D eigenvalue weighted by atomic mass is 10.4. The van der Waals surface area contributed by atoms with Gasteiger partial charge in [-0.3, -0.25) is 4.79 Å². The van der Waals surface area contributed by atoms with Gasteiger partial charge in [0.15, 0.2) is 5.82 Å². The molecule has 0 aliphatic carbocycles. The summed E-state index contributed by atoms with van der Waals surface area (Å²) in [5.41, 5.74) is 7.15. The number of amides is 2. The predicted molar refractivity (Wildman–Crippen MR) is 57.7 cm³/mol. The molecule has 0 bridgehead atoms. The number of ether oxygens (including phenoxy) is 1. The number of nitrogens with one attached hydrogen (secondary N) is 2. The molecule has 1 rings (SSSR count). The number of hydrogen-bond acceptors (Lipinski definition) is 7. The first-order valence-corrected chi connectivity index (χ1v) is 4.62. The fraction of sp³-hybridized carbons (Fsp3) is 0.250. The van der Waals surface area contributed by atoms with Crippen LogP contribution < -0.4 is 22.3 Å². The quantitative estimate of drug-likeness (QED) is 0.281. The van der Waals surface area contributed by atoms with E-state index in [1.165, 1.54) is 12.4 Å². The molecule has 9 nitrogen and oxygen atoms in total. The molecule has 0 saturated heterocycles. The topological polar surface area (TPSA) is 145 Å². The highest BCUT2D eigenvalue weighted by atomic mass is 16.5. The van der Waals surface area contributed by atoms with E-state index in [0.29, 0.717) is 5.82 Å². The van der Waals surface area contributed by atoms with Crippen LogP contribution in [0.2, 0.25) is 0 Å². The minimum absolute atomic E-state index is 0.00303. The van der Waals surface area contributed by atoms with Gasteiger partial charge in [-0.25, -0.2) is 20.6 Å². The lowest BCUT2D eigenvalue weighted by molar-refractivity contribution is 0.0931. The summed E-state index contributed by atoms with van der Waals surface area (Å²) in [6.45, 7) is 0.136. The number of anilines is 1. The molecule has 0 aliphatic heterocycles. The van der Waals surface area contributed by atoms with E-state index in [1.54, 1.807) is 0 Å². The second-order valence-electron chi connectivity index (χ2n) is 2.85. The summed E-state index contributed by atoms with van der Waals surface area (Å²) in [7, 11) is 0. The minimum Gasteiger partial charge on any atom is -0.448 e. The number of aromatic nitrogens is 2. The van der Waals surface area contributed by atoms with Gasteiger partial charge in [0, 0.05) is 0 Å². The Morgan fingerprint density at radius 1 is 1.35 bits per heavy atom. The Bertz CT molecular complexity index is 393. The lowest BCUT2D eigenvalue weighted by Gasteiger charge is -2.04. The number of rotatable bonds is 5. The molecule has 0 unspecified atom stereocenters. The molecule has 1 aromatic rings. The van der Waals surface area contributed by atoms with Crippen molar-refractivity contribution in [1.82, 2.24) is 15.3 Å². The first-order chi connectivity index (χ1) is 8.13.